The normalized spacial score (nSPS) is 29.5. The molecule has 1 saturated heterocycles. The molecule has 0 aliphatic carbocycles. The SMILES string of the molecule is CCCC1CCCOC1(CCC)OCCOC. The van der Waals surface area contributed by atoms with Gasteiger partial charge in [-0.1, -0.05) is 26.7 Å². The van der Waals surface area contributed by atoms with Gasteiger partial charge in [0, 0.05) is 19.4 Å². The minimum absolute atomic E-state index is 0.332. The maximum atomic E-state index is 6.07. The van der Waals surface area contributed by atoms with Crippen molar-refractivity contribution in [1.82, 2.24) is 0 Å². The Morgan fingerprint density at radius 3 is 2.71 bits per heavy atom. The topological polar surface area (TPSA) is 27.7 Å². The lowest BCUT2D eigenvalue weighted by atomic mass is 9.84. The Bertz CT molecular complexity index is 190. The molecule has 1 heterocycles. The fraction of sp³-hybridized carbons (Fsp3) is 1.00. The summed E-state index contributed by atoms with van der Waals surface area (Å²) in [5.41, 5.74) is 0. The molecule has 0 bridgehead atoms. The van der Waals surface area contributed by atoms with Crippen LogP contribution in [0.25, 0.3) is 0 Å². The Hall–Kier alpha value is -0.120. The summed E-state index contributed by atoms with van der Waals surface area (Å²) in [4.78, 5) is 0. The molecule has 3 heteroatoms. The Morgan fingerprint density at radius 2 is 2.06 bits per heavy atom. The summed E-state index contributed by atoms with van der Waals surface area (Å²) >= 11 is 0. The van der Waals surface area contributed by atoms with Gasteiger partial charge in [-0.25, -0.2) is 0 Å². The van der Waals surface area contributed by atoms with Gasteiger partial charge in [-0.3, -0.25) is 0 Å². The molecule has 0 aromatic carbocycles. The minimum atomic E-state index is -0.332. The molecule has 0 amide bonds. The van der Waals surface area contributed by atoms with Crippen LogP contribution >= 0.6 is 0 Å². The molecular weight excluding hydrogens is 216 g/mol. The summed E-state index contributed by atoms with van der Waals surface area (Å²) in [6.07, 6.45) is 6.92. The highest BCUT2D eigenvalue weighted by Crippen LogP contribution is 2.38. The molecule has 0 aromatic heterocycles. The molecule has 17 heavy (non-hydrogen) atoms. The van der Waals surface area contributed by atoms with Crippen LogP contribution in [0, 0.1) is 5.92 Å². The van der Waals surface area contributed by atoms with Gasteiger partial charge in [-0.15, -0.1) is 0 Å². The van der Waals surface area contributed by atoms with Crippen molar-refractivity contribution in [3.05, 3.63) is 0 Å². The van der Waals surface area contributed by atoms with Crippen LogP contribution in [0.5, 0.6) is 0 Å². The van der Waals surface area contributed by atoms with Crippen molar-refractivity contribution in [2.24, 2.45) is 5.92 Å². The van der Waals surface area contributed by atoms with E-state index in [1.54, 1.807) is 7.11 Å². The first-order valence-electron chi connectivity index (χ1n) is 7.06. The first-order valence-corrected chi connectivity index (χ1v) is 7.06. The Labute approximate surface area is 106 Å². The van der Waals surface area contributed by atoms with Crippen molar-refractivity contribution in [3.8, 4) is 0 Å². The van der Waals surface area contributed by atoms with E-state index in [1.807, 2.05) is 0 Å². The zero-order valence-corrected chi connectivity index (χ0v) is 11.7. The zero-order valence-electron chi connectivity index (χ0n) is 11.7. The number of ether oxygens (including phenoxy) is 3. The van der Waals surface area contributed by atoms with Gasteiger partial charge in [-0.05, 0) is 19.3 Å². The van der Waals surface area contributed by atoms with Gasteiger partial charge in [-0.2, -0.15) is 0 Å². The van der Waals surface area contributed by atoms with Gasteiger partial charge < -0.3 is 14.2 Å². The van der Waals surface area contributed by atoms with E-state index in [4.69, 9.17) is 14.2 Å². The maximum Gasteiger partial charge on any atom is 0.171 e. The molecule has 0 spiro atoms. The number of methoxy groups -OCH3 is 1. The van der Waals surface area contributed by atoms with Crippen LogP contribution < -0.4 is 0 Å². The third-order valence-corrected chi connectivity index (χ3v) is 3.53. The van der Waals surface area contributed by atoms with Crippen LogP contribution in [0.4, 0.5) is 0 Å². The summed E-state index contributed by atoms with van der Waals surface area (Å²) in [5, 5.41) is 0. The highest BCUT2D eigenvalue weighted by Gasteiger charge is 2.41. The highest BCUT2D eigenvalue weighted by atomic mass is 16.7. The molecule has 102 valence electrons. The second-order valence-electron chi connectivity index (χ2n) is 4.88. The predicted molar refractivity (Wildman–Crippen MR) is 69.1 cm³/mol. The van der Waals surface area contributed by atoms with Crippen molar-refractivity contribution in [1.29, 1.82) is 0 Å². The molecule has 3 nitrogen and oxygen atoms in total. The molecule has 1 fully saturated rings. The van der Waals surface area contributed by atoms with Crippen LogP contribution in [0.3, 0.4) is 0 Å². The average Bonchev–Trinajstić information content (AvgIpc) is 2.33. The van der Waals surface area contributed by atoms with Crippen LogP contribution in [-0.4, -0.2) is 32.7 Å². The second kappa shape index (κ2) is 8.06. The third kappa shape index (κ3) is 4.23. The van der Waals surface area contributed by atoms with Crippen molar-refractivity contribution in [2.75, 3.05) is 26.9 Å². The zero-order chi connectivity index (χ0) is 12.6. The van der Waals surface area contributed by atoms with Gasteiger partial charge >= 0.3 is 0 Å². The van der Waals surface area contributed by atoms with Gasteiger partial charge in [0.2, 0.25) is 0 Å². The van der Waals surface area contributed by atoms with E-state index in [0.29, 0.717) is 19.1 Å². The van der Waals surface area contributed by atoms with Crippen LogP contribution in [0.15, 0.2) is 0 Å². The van der Waals surface area contributed by atoms with E-state index < -0.39 is 0 Å². The largest absolute Gasteiger partial charge is 0.382 e. The summed E-state index contributed by atoms with van der Waals surface area (Å²) < 4.78 is 17.2. The van der Waals surface area contributed by atoms with E-state index in [0.717, 1.165) is 19.4 Å². The van der Waals surface area contributed by atoms with Crippen molar-refractivity contribution < 1.29 is 14.2 Å². The van der Waals surface area contributed by atoms with Gasteiger partial charge in [0.1, 0.15) is 0 Å². The maximum absolute atomic E-state index is 6.07. The quantitative estimate of drug-likeness (QED) is 0.613. The van der Waals surface area contributed by atoms with E-state index in [9.17, 15) is 0 Å². The summed E-state index contributed by atoms with van der Waals surface area (Å²) in [6.45, 7) is 6.56. The van der Waals surface area contributed by atoms with Crippen molar-refractivity contribution >= 4 is 0 Å². The Morgan fingerprint density at radius 1 is 1.24 bits per heavy atom. The Kier molecular flexibility index (Phi) is 7.09. The summed E-state index contributed by atoms with van der Waals surface area (Å²) in [6, 6.07) is 0. The van der Waals surface area contributed by atoms with Gasteiger partial charge in [0.15, 0.2) is 5.79 Å². The van der Waals surface area contributed by atoms with Crippen LogP contribution in [-0.2, 0) is 14.2 Å². The molecule has 1 aliphatic heterocycles. The smallest absolute Gasteiger partial charge is 0.171 e. The molecule has 0 saturated carbocycles. The van der Waals surface area contributed by atoms with E-state index >= 15 is 0 Å². The highest BCUT2D eigenvalue weighted by molar-refractivity contribution is 4.83. The molecule has 0 aromatic rings. The third-order valence-electron chi connectivity index (χ3n) is 3.53. The lowest BCUT2D eigenvalue weighted by Gasteiger charge is -2.43. The monoisotopic (exact) mass is 244 g/mol. The van der Waals surface area contributed by atoms with Crippen molar-refractivity contribution in [2.45, 2.75) is 58.2 Å². The van der Waals surface area contributed by atoms with Crippen molar-refractivity contribution in [3.63, 3.8) is 0 Å². The summed E-state index contributed by atoms with van der Waals surface area (Å²) in [7, 11) is 1.71. The molecule has 2 atom stereocenters. The molecule has 1 aliphatic rings. The van der Waals surface area contributed by atoms with Gasteiger partial charge in [0.25, 0.3) is 0 Å². The van der Waals surface area contributed by atoms with Gasteiger partial charge in [0.05, 0.1) is 19.8 Å². The molecule has 2 unspecified atom stereocenters. The first kappa shape index (κ1) is 14.9. The second-order valence-corrected chi connectivity index (χ2v) is 4.88. The molecule has 0 radical (unpaired) electrons. The van der Waals surface area contributed by atoms with Crippen LogP contribution in [0.1, 0.15) is 52.4 Å². The standard InChI is InChI=1S/C14H28O3/c1-4-7-13-8-6-10-16-14(13,9-5-2)17-12-11-15-3/h13H,4-12H2,1-3H3. The number of rotatable bonds is 8. The lowest BCUT2D eigenvalue weighted by molar-refractivity contribution is -0.291. The molecule has 1 rings (SSSR count). The fourth-order valence-electron chi connectivity index (χ4n) is 2.78. The minimum Gasteiger partial charge on any atom is -0.382 e. The van der Waals surface area contributed by atoms with Crippen LogP contribution in [0.2, 0.25) is 0 Å². The molecule has 0 N–H and O–H groups in total. The number of hydrogen-bond donors (Lipinski definition) is 0. The first-order chi connectivity index (χ1) is 8.29. The van der Waals surface area contributed by atoms with E-state index in [-0.39, 0.29) is 5.79 Å². The van der Waals surface area contributed by atoms with E-state index in [1.165, 1.54) is 25.7 Å². The Balaban J connectivity index is 2.62. The predicted octanol–water partition coefficient (Wildman–Crippen LogP) is 3.37. The molecular formula is C14H28O3. The summed E-state index contributed by atoms with van der Waals surface area (Å²) in [5.74, 6) is 0.222. The lowest BCUT2D eigenvalue weighted by Crippen LogP contribution is -2.47. The average molecular weight is 244 g/mol. The van der Waals surface area contributed by atoms with E-state index in [2.05, 4.69) is 13.8 Å². The fourth-order valence-corrected chi connectivity index (χ4v) is 2.78. The number of hydrogen-bond acceptors (Lipinski definition) is 3.